The second-order valence-electron chi connectivity index (χ2n) is 4.93. The van der Waals surface area contributed by atoms with Gasteiger partial charge in [-0.05, 0) is 45.0 Å². The van der Waals surface area contributed by atoms with Gasteiger partial charge in [0.05, 0.1) is 5.25 Å². The van der Waals surface area contributed by atoms with Gasteiger partial charge in [-0.25, -0.2) is 4.39 Å². The lowest BCUT2D eigenvalue weighted by atomic mass is 10.3. The maximum atomic E-state index is 12.8. The highest BCUT2D eigenvalue weighted by Crippen LogP contribution is 2.29. The zero-order valence-corrected chi connectivity index (χ0v) is 14.1. The van der Waals surface area contributed by atoms with Crippen LogP contribution >= 0.6 is 23.1 Å². The molecular weight excluding hydrogens is 323 g/mol. The van der Waals surface area contributed by atoms with Crippen molar-refractivity contribution in [2.24, 2.45) is 0 Å². The van der Waals surface area contributed by atoms with Crippen LogP contribution in [0.3, 0.4) is 0 Å². The first-order valence-electron chi connectivity index (χ1n) is 6.77. The van der Waals surface area contributed by atoms with Gasteiger partial charge in [0, 0.05) is 11.7 Å². The molecule has 1 atom stereocenters. The SMILES string of the molecule is CC(C)Nc1nnc(S[C@@H](C)C(=O)Nc2ccc(F)cc2)s1. The molecule has 1 heterocycles. The second kappa shape index (κ2) is 7.55. The standard InChI is InChI=1S/C14H17FN4OS2/c1-8(2)16-13-18-19-14(22-13)21-9(3)12(20)17-11-6-4-10(15)5-7-11/h4-9H,1-3H3,(H,16,18)(H,17,20)/t9-/m0/s1. The Labute approximate surface area is 136 Å². The van der Waals surface area contributed by atoms with Gasteiger partial charge in [-0.1, -0.05) is 23.1 Å². The number of hydrogen-bond donors (Lipinski definition) is 2. The number of amides is 1. The molecule has 1 amide bonds. The number of benzene rings is 1. The fraction of sp³-hybridized carbons (Fsp3) is 0.357. The maximum Gasteiger partial charge on any atom is 0.237 e. The molecule has 0 unspecified atom stereocenters. The monoisotopic (exact) mass is 340 g/mol. The number of nitrogens with zero attached hydrogens (tertiary/aromatic N) is 2. The molecule has 2 N–H and O–H groups in total. The average Bonchev–Trinajstić information content (AvgIpc) is 2.87. The number of carbonyl (C=O) groups excluding carboxylic acids is 1. The number of hydrogen-bond acceptors (Lipinski definition) is 6. The van der Waals surface area contributed by atoms with E-state index in [-0.39, 0.29) is 23.0 Å². The molecule has 2 rings (SSSR count). The molecular formula is C14H17FN4OS2. The molecule has 0 bridgehead atoms. The van der Waals surface area contributed by atoms with Crippen molar-refractivity contribution in [3.63, 3.8) is 0 Å². The fourth-order valence-electron chi connectivity index (χ4n) is 1.54. The molecule has 0 saturated heterocycles. The largest absolute Gasteiger partial charge is 0.358 e. The molecule has 0 saturated carbocycles. The minimum Gasteiger partial charge on any atom is -0.358 e. The van der Waals surface area contributed by atoms with Crippen molar-refractivity contribution in [1.82, 2.24) is 10.2 Å². The van der Waals surface area contributed by atoms with Crippen molar-refractivity contribution >= 4 is 39.8 Å². The Hall–Kier alpha value is -1.67. The van der Waals surface area contributed by atoms with E-state index in [1.807, 2.05) is 13.8 Å². The maximum absolute atomic E-state index is 12.8. The van der Waals surface area contributed by atoms with Crippen molar-refractivity contribution in [2.75, 3.05) is 10.6 Å². The smallest absolute Gasteiger partial charge is 0.237 e. The van der Waals surface area contributed by atoms with E-state index in [4.69, 9.17) is 0 Å². The number of aromatic nitrogens is 2. The summed E-state index contributed by atoms with van der Waals surface area (Å²) in [5.41, 5.74) is 0.568. The van der Waals surface area contributed by atoms with Gasteiger partial charge in [0.2, 0.25) is 11.0 Å². The zero-order valence-electron chi connectivity index (χ0n) is 12.5. The lowest BCUT2D eigenvalue weighted by Crippen LogP contribution is -2.22. The molecule has 8 heteroatoms. The van der Waals surface area contributed by atoms with Crippen molar-refractivity contribution in [2.45, 2.75) is 36.4 Å². The van der Waals surface area contributed by atoms with Crippen LogP contribution < -0.4 is 10.6 Å². The highest BCUT2D eigenvalue weighted by atomic mass is 32.2. The molecule has 0 radical (unpaired) electrons. The molecule has 0 spiro atoms. The number of carbonyl (C=O) groups is 1. The van der Waals surface area contributed by atoms with Crippen LogP contribution in [0.2, 0.25) is 0 Å². The summed E-state index contributed by atoms with van der Waals surface area (Å²) in [6.07, 6.45) is 0. The number of nitrogens with one attached hydrogen (secondary N) is 2. The average molecular weight is 340 g/mol. The third-order valence-corrected chi connectivity index (χ3v) is 4.62. The minimum atomic E-state index is -0.334. The van der Waals surface area contributed by atoms with Gasteiger partial charge < -0.3 is 10.6 Å². The predicted octanol–water partition coefficient (Wildman–Crippen LogP) is 3.62. The summed E-state index contributed by atoms with van der Waals surface area (Å²) in [7, 11) is 0. The van der Waals surface area contributed by atoms with Crippen molar-refractivity contribution in [3.05, 3.63) is 30.1 Å². The Morgan fingerprint density at radius 1 is 1.23 bits per heavy atom. The van der Waals surface area contributed by atoms with Crippen LogP contribution in [0.15, 0.2) is 28.6 Å². The van der Waals surface area contributed by atoms with Crippen LogP contribution in [-0.2, 0) is 4.79 Å². The third-order valence-electron chi connectivity index (χ3n) is 2.58. The van der Waals surface area contributed by atoms with E-state index in [2.05, 4.69) is 20.8 Å². The van der Waals surface area contributed by atoms with E-state index in [9.17, 15) is 9.18 Å². The van der Waals surface area contributed by atoms with Gasteiger partial charge in [0.15, 0.2) is 4.34 Å². The molecule has 0 aliphatic heterocycles. The topological polar surface area (TPSA) is 66.9 Å². The first-order valence-corrected chi connectivity index (χ1v) is 8.47. The quantitative estimate of drug-likeness (QED) is 0.786. The van der Waals surface area contributed by atoms with E-state index in [1.165, 1.54) is 47.4 Å². The third kappa shape index (κ3) is 4.96. The van der Waals surface area contributed by atoms with Gasteiger partial charge in [-0.2, -0.15) is 0 Å². The summed E-state index contributed by atoms with van der Waals surface area (Å²) in [4.78, 5) is 12.1. The Kier molecular flexibility index (Phi) is 5.73. The summed E-state index contributed by atoms with van der Waals surface area (Å²) in [5, 5.41) is 14.4. The summed E-state index contributed by atoms with van der Waals surface area (Å²) < 4.78 is 13.6. The van der Waals surface area contributed by atoms with Crippen molar-refractivity contribution in [1.29, 1.82) is 0 Å². The second-order valence-corrected chi connectivity index (χ2v) is 7.49. The number of anilines is 2. The molecule has 0 fully saturated rings. The van der Waals surface area contributed by atoms with Crippen LogP contribution in [0.5, 0.6) is 0 Å². The summed E-state index contributed by atoms with van der Waals surface area (Å²) >= 11 is 2.76. The van der Waals surface area contributed by atoms with E-state index in [1.54, 1.807) is 6.92 Å². The van der Waals surface area contributed by atoms with Gasteiger partial charge in [0.1, 0.15) is 5.82 Å². The van der Waals surface area contributed by atoms with Crippen LogP contribution in [0, 0.1) is 5.82 Å². The highest BCUT2D eigenvalue weighted by Gasteiger charge is 2.17. The summed E-state index contributed by atoms with van der Waals surface area (Å²) in [6, 6.07) is 5.95. The van der Waals surface area contributed by atoms with Crippen molar-refractivity contribution < 1.29 is 9.18 Å². The lowest BCUT2D eigenvalue weighted by Gasteiger charge is -2.10. The van der Waals surface area contributed by atoms with Crippen LogP contribution in [0.4, 0.5) is 15.2 Å². The molecule has 0 aliphatic carbocycles. The minimum absolute atomic E-state index is 0.162. The normalized spacial score (nSPS) is 12.2. The fourth-order valence-corrected chi connectivity index (χ4v) is 3.59. The van der Waals surface area contributed by atoms with Crippen LogP contribution in [0.25, 0.3) is 0 Å². The van der Waals surface area contributed by atoms with Gasteiger partial charge in [-0.3, -0.25) is 4.79 Å². The summed E-state index contributed by atoms with van der Waals surface area (Å²) in [5.74, 6) is -0.496. The predicted molar refractivity (Wildman–Crippen MR) is 89.0 cm³/mol. The van der Waals surface area contributed by atoms with E-state index in [0.717, 1.165) is 9.47 Å². The van der Waals surface area contributed by atoms with E-state index < -0.39 is 0 Å². The first-order chi connectivity index (χ1) is 10.4. The zero-order chi connectivity index (χ0) is 16.1. The Morgan fingerprint density at radius 2 is 1.91 bits per heavy atom. The first kappa shape index (κ1) is 16.7. The molecule has 1 aromatic carbocycles. The molecule has 1 aromatic heterocycles. The Morgan fingerprint density at radius 3 is 2.55 bits per heavy atom. The Balaban J connectivity index is 1.90. The van der Waals surface area contributed by atoms with Crippen molar-refractivity contribution in [3.8, 4) is 0 Å². The van der Waals surface area contributed by atoms with Crippen LogP contribution in [-0.4, -0.2) is 27.4 Å². The van der Waals surface area contributed by atoms with E-state index >= 15 is 0 Å². The Bertz CT molecular complexity index is 630. The number of thioether (sulfide) groups is 1. The number of halogens is 1. The molecule has 5 nitrogen and oxygen atoms in total. The molecule has 118 valence electrons. The molecule has 2 aromatic rings. The molecule has 22 heavy (non-hydrogen) atoms. The van der Waals surface area contributed by atoms with Gasteiger partial charge in [0.25, 0.3) is 0 Å². The lowest BCUT2D eigenvalue weighted by molar-refractivity contribution is -0.115. The van der Waals surface area contributed by atoms with E-state index in [0.29, 0.717) is 5.69 Å². The number of rotatable bonds is 6. The molecule has 0 aliphatic rings. The van der Waals surface area contributed by atoms with Crippen LogP contribution in [0.1, 0.15) is 20.8 Å². The van der Waals surface area contributed by atoms with Gasteiger partial charge >= 0.3 is 0 Å². The summed E-state index contributed by atoms with van der Waals surface area (Å²) in [6.45, 7) is 5.83. The van der Waals surface area contributed by atoms with Gasteiger partial charge in [-0.15, -0.1) is 10.2 Å². The highest BCUT2D eigenvalue weighted by molar-refractivity contribution is 8.02.